The minimum absolute atomic E-state index is 0.000151. The Balaban J connectivity index is 1.08. The summed E-state index contributed by atoms with van der Waals surface area (Å²) in [6, 6.07) is 26.5. The maximum atomic E-state index is 13.9. The second-order valence-electron chi connectivity index (χ2n) is 16.7. The van der Waals surface area contributed by atoms with E-state index in [-0.39, 0.29) is 23.6 Å². The second-order valence-corrected chi connectivity index (χ2v) is 21.9. The molecule has 1 amide bonds. The molecule has 0 saturated carbocycles. The third kappa shape index (κ3) is 11.9. The number of alkyl halides is 3. The number of hydrogen-bond acceptors (Lipinski definition) is 10. The molecule has 4 aromatic carbocycles. The molecule has 1 fully saturated rings. The average Bonchev–Trinajstić information content (AvgIpc) is 3.22. The Bertz CT molecular complexity index is 2440. The summed E-state index contributed by atoms with van der Waals surface area (Å²) < 4.78 is 95.9. The number of amides is 1. The number of anilines is 2. The van der Waals surface area contributed by atoms with E-state index in [0.29, 0.717) is 23.3 Å². The van der Waals surface area contributed by atoms with Gasteiger partial charge < -0.3 is 15.1 Å². The van der Waals surface area contributed by atoms with Crippen LogP contribution in [0.4, 0.5) is 24.5 Å². The molecule has 2 N–H and O–H groups in total. The van der Waals surface area contributed by atoms with Crippen molar-refractivity contribution in [3.05, 3.63) is 119 Å². The van der Waals surface area contributed by atoms with Gasteiger partial charge in [-0.2, -0.15) is 13.2 Å². The van der Waals surface area contributed by atoms with Crippen LogP contribution in [0.25, 0.3) is 5.57 Å². The van der Waals surface area contributed by atoms with E-state index in [1.807, 2.05) is 66.2 Å². The lowest BCUT2D eigenvalue weighted by Gasteiger charge is -2.39. The number of piperazine rings is 1. The molecule has 4 aromatic rings. The zero-order chi connectivity index (χ0) is 44.9. The van der Waals surface area contributed by atoms with Crippen molar-refractivity contribution in [1.82, 2.24) is 14.5 Å². The number of sulfonamides is 1. The molecule has 2 aliphatic rings. The molecular weight excluding hydrogens is 879 g/mol. The summed E-state index contributed by atoms with van der Waals surface area (Å²) in [7, 11) is -7.06. The highest BCUT2D eigenvalue weighted by molar-refractivity contribution is 7.99. The SMILES string of the molecule is CN(C)C(CCNc1ccc(S(=O)(=O)NC(=O)c2ccc(N3CCN(CC4=C(c5ccc(Cl)cc5)CCC(C)(C)C4)CC3)cc2)cc1S(=O)(=O)C(F)(F)F)CSc1ccccc1. The smallest absolute Gasteiger partial charge is 0.384 e. The number of carbonyl (C=O) groups is 1. The van der Waals surface area contributed by atoms with Gasteiger partial charge in [0.05, 0.1) is 10.6 Å². The summed E-state index contributed by atoms with van der Waals surface area (Å²) in [5.74, 6) is -0.360. The third-order valence-electron chi connectivity index (χ3n) is 11.4. The number of allylic oxidation sites excluding steroid dienone is 1. The quantitative estimate of drug-likeness (QED) is 0.105. The summed E-state index contributed by atoms with van der Waals surface area (Å²) in [6.45, 7) is 8.72. The lowest BCUT2D eigenvalue weighted by Crippen LogP contribution is -2.47. The van der Waals surface area contributed by atoms with Crippen LogP contribution >= 0.6 is 23.4 Å². The van der Waals surface area contributed by atoms with Crippen LogP contribution in [0.3, 0.4) is 0 Å². The van der Waals surface area contributed by atoms with Crippen molar-refractivity contribution in [2.24, 2.45) is 5.41 Å². The number of thioether (sulfide) groups is 1. The van der Waals surface area contributed by atoms with Gasteiger partial charge in [-0.1, -0.05) is 61.4 Å². The first-order chi connectivity index (χ1) is 29.2. The van der Waals surface area contributed by atoms with Gasteiger partial charge in [0.15, 0.2) is 0 Å². The highest BCUT2D eigenvalue weighted by Gasteiger charge is 2.48. The molecule has 17 heteroatoms. The van der Waals surface area contributed by atoms with Gasteiger partial charge in [-0.15, -0.1) is 11.8 Å². The fraction of sp³-hybridized carbons (Fsp3) is 0.400. The predicted molar refractivity (Wildman–Crippen MR) is 243 cm³/mol. The van der Waals surface area contributed by atoms with Crippen LogP contribution in [-0.2, 0) is 19.9 Å². The molecule has 10 nitrogen and oxygen atoms in total. The molecule has 1 atom stereocenters. The van der Waals surface area contributed by atoms with Crippen molar-refractivity contribution >= 4 is 66.1 Å². The molecule has 0 aromatic heterocycles. The first-order valence-electron chi connectivity index (χ1n) is 20.4. The van der Waals surface area contributed by atoms with Gasteiger partial charge >= 0.3 is 5.51 Å². The van der Waals surface area contributed by atoms with Crippen LogP contribution in [0.2, 0.25) is 5.02 Å². The van der Waals surface area contributed by atoms with Crippen LogP contribution in [-0.4, -0.2) is 103 Å². The first-order valence-corrected chi connectivity index (χ1v) is 24.7. The largest absolute Gasteiger partial charge is 0.501 e. The van der Waals surface area contributed by atoms with Crippen LogP contribution in [0, 0.1) is 5.41 Å². The zero-order valence-electron chi connectivity index (χ0n) is 35.2. The van der Waals surface area contributed by atoms with E-state index < -0.39 is 46.8 Å². The molecule has 0 bridgehead atoms. The molecule has 334 valence electrons. The van der Waals surface area contributed by atoms with Gasteiger partial charge in [0, 0.05) is 72.2 Å². The van der Waals surface area contributed by atoms with E-state index >= 15 is 0 Å². The van der Waals surface area contributed by atoms with Crippen LogP contribution < -0.4 is 14.9 Å². The van der Waals surface area contributed by atoms with Crippen molar-refractivity contribution in [2.45, 2.75) is 65.8 Å². The van der Waals surface area contributed by atoms with Crippen molar-refractivity contribution < 1.29 is 34.8 Å². The molecule has 1 unspecified atom stereocenters. The van der Waals surface area contributed by atoms with Gasteiger partial charge in [-0.3, -0.25) is 9.69 Å². The number of rotatable bonds is 16. The van der Waals surface area contributed by atoms with Crippen LogP contribution in [0.5, 0.6) is 0 Å². The highest BCUT2D eigenvalue weighted by atomic mass is 35.5. The molecular formula is C45H53ClF3N5O5S3. The Kier molecular flexibility index (Phi) is 15.1. The number of benzene rings is 4. The van der Waals surface area contributed by atoms with E-state index in [4.69, 9.17) is 11.6 Å². The Morgan fingerprint density at radius 1 is 0.903 bits per heavy atom. The van der Waals surface area contributed by atoms with Gasteiger partial charge in [-0.25, -0.2) is 21.6 Å². The summed E-state index contributed by atoms with van der Waals surface area (Å²) in [5, 5.41) is 3.49. The third-order valence-corrected chi connectivity index (χ3v) is 15.7. The van der Waals surface area contributed by atoms with Gasteiger partial charge in [-0.05, 0) is 123 Å². The Morgan fingerprint density at radius 3 is 2.19 bits per heavy atom. The molecule has 1 aliphatic carbocycles. The molecule has 1 heterocycles. The molecule has 1 aliphatic heterocycles. The maximum Gasteiger partial charge on any atom is 0.501 e. The van der Waals surface area contributed by atoms with Crippen molar-refractivity contribution in [3.63, 3.8) is 0 Å². The second kappa shape index (κ2) is 19.8. The predicted octanol–water partition coefficient (Wildman–Crippen LogP) is 9.06. The van der Waals surface area contributed by atoms with E-state index in [0.717, 1.165) is 74.7 Å². The number of sulfone groups is 1. The Hall–Kier alpha value is -4.06. The molecule has 0 radical (unpaired) electrons. The van der Waals surface area contributed by atoms with Crippen LogP contribution in [0.1, 0.15) is 55.5 Å². The van der Waals surface area contributed by atoms with Crippen LogP contribution in [0.15, 0.2) is 117 Å². The van der Waals surface area contributed by atoms with E-state index in [9.17, 15) is 34.8 Å². The van der Waals surface area contributed by atoms with E-state index in [1.54, 1.807) is 23.9 Å². The summed E-state index contributed by atoms with van der Waals surface area (Å²) in [6.07, 6.45) is 3.60. The fourth-order valence-corrected chi connectivity index (χ4v) is 11.2. The topological polar surface area (TPSA) is 119 Å². The normalized spacial score (nSPS) is 17.0. The molecule has 0 spiro atoms. The van der Waals surface area contributed by atoms with Crippen molar-refractivity contribution in [3.8, 4) is 0 Å². The minimum Gasteiger partial charge on any atom is -0.384 e. The Morgan fingerprint density at radius 2 is 1.56 bits per heavy atom. The van der Waals surface area contributed by atoms with Crippen molar-refractivity contribution in [2.75, 3.05) is 69.3 Å². The number of halogens is 4. The standard InChI is InChI=1S/C45H53ClF3N5O5S3/c1-44(2)22-20-40(32-10-14-35(46)15-11-32)34(29-44)30-53-24-26-54(27-25-53)36-16-12-33(13-17-36)43(55)51-62(58,59)39-18-19-41(42(28-39)61(56,57)45(47,48)49)50-23-21-37(52(3)4)31-60-38-8-6-5-7-9-38/h5-19,28,37,50H,20-27,29-31H2,1-4H3,(H,51,55). The summed E-state index contributed by atoms with van der Waals surface area (Å²) in [4.78, 5) is 18.8. The lowest BCUT2D eigenvalue weighted by atomic mass is 9.73. The average molecular weight is 933 g/mol. The number of carbonyl (C=O) groups excluding carboxylic acids is 1. The highest BCUT2D eigenvalue weighted by Crippen LogP contribution is 2.43. The van der Waals surface area contributed by atoms with Gasteiger partial charge in [0.2, 0.25) is 0 Å². The van der Waals surface area contributed by atoms with Gasteiger partial charge in [0.1, 0.15) is 4.90 Å². The first kappa shape index (κ1) is 47.4. The van der Waals surface area contributed by atoms with Crippen molar-refractivity contribution in [1.29, 1.82) is 0 Å². The van der Waals surface area contributed by atoms with E-state index in [2.05, 4.69) is 41.1 Å². The van der Waals surface area contributed by atoms with Gasteiger partial charge in [0.25, 0.3) is 25.8 Å². The summed E-state index contributed by atoms with van der Waals surface area (Å²) in [5.41, 5.74) is -0.989. The lowest BCUT2D eigenvalue weighted by molar-refractivity contribution is -0.0435. The molecule has 62 heavy (non-hydrogen) atoms. The number of nitrogens with one attached hydrogen (secondary N) is 2. The number of hydrogen-bond donors (Lipinski definition) is 2. The van der Waals surface area contributed by atoms with E-state index in [1.165, 1.54) is 28.8 Å². The Labute approximate surface area is 372 Å². The molecule has 1 saturated heterocycles. The molecule has 6 rings (SSSR count). The maximum absolute atomic E-state index is 13.9. The number of nitrogens with zero attached hydrogens (tertiary/aromatic N) is 3. The minimum atomic E-state index is -6.00. The zero-order valence-corrected chi connectivity index (χ0v) is 38.4. The fourth-order valence-electron chi connectivity index (χ4n) is 7.80. The monoisotopic (exact) mass is 931 g/mol. The summed E-state index contributed by atoms with van der Waals surface area (Å²) >= 11 is 7.79.